The molecule has 1 aliphatic rings. The number of esters is 2. The number of hydrogen-bond donors (Lipinski definition) is 4. The largest absolute Gasteiger partial charge is 0.480 e. The minimum atomic E-state index is -1.35. The van der Waals surface area contributed by atoms with Crippen molar-refractivity contribution in [3.05, 3.63) is 35.9 Å². The summed E-state index contributed by atoms with van der Waals surface area (Å²) in [7, 11) is 0. The quantitative estimate of drug-likeness (QED) is 0.314. The molecule has 2 rings (SSSR count). The fraction of sp³-hybridized carbons (Fsp3) is 0.545. The van der Waals surface area contributed by atoms with Crippen molar-refractivity contribution < 1.29 is 33.8 Å². The van der Waals surface area contributed by atoms with E-state index < -0.39 is 64.3 Å². The zero-order valence-electron chi connectivity index (χ0n) is 19.3. The maximum Gasteiger partial charge on any atom is 0.328 e. The van der Waals surface area contributed by atoms with Crippen molar-refractivity contribution in [3.63, 3.8) is 0 Å². The van der Waals surface area contributed by atoms with Gasteiger partial charge >= 0.3 is 17.9 Å². The van der Waals surface area contributed by atoms with Crippen LogP contribution in [0, 0.1) is 5.41 Å². The van der Waals surface area contributed by atoms with E-state index in [1.807, 2.05) is 0 Å². The third-order valence-electron chi connectivity index (χ3n) is 5.00. The Morgan fingerprint density at radius 2 is 1.79 bits per heavy atom. The van der Waals surface area contributed by atoms with Gasteiger partial charge in [-0.3, -0.25) is 19.7 Å². The highest BCUT2D eigenvalue weighted by Crippen LogP contribution is 2.39. The lowest BCUT2D eigenvalue weighted by Gasteiger charge is -2.24. The van der Waals surface area contributed by atoms with Crippen molar-refractivity contribution in [2.45, 2.75) is 62.9 Å². The Bertz CT molecular complexity index is 886. The summed E-state index contributed by atoms with van der Waals surface area (Å²) >= 11 is 1.18. The number of carbonyl (C=O) groups is 4. The zero-order valence-corrected chi connectivity index (χ0v) is 20.1. The van der Waals surface area contributed by atoms with Crippen LogP contribution in [0.3, 0.4) is 0 Å². The molecular formula is C22H31N3O7S. The average molecular weight is 482 g/mol. The van der Waals surface area contributed by atoms with E-state index >= 15 is 0 Å². The number of aliphatic carboxylic acids is 1. The molecule has 5 N–H and O–H groups in total. The first-order valence-corrected chi connectivity index (χ1v) is 11.2. The van der Waals surface area contributed by atoms with E-state index in [1.165, 1.54) is 11.8 Å². The Hall–Kier alpha value is -2.63. The molecule has 33 heavy (non-hydrogen) atoms. The molecule has 1 aromatic carbocycles. The Morgan fingerprint density at radius 1 is 1.18 bits per heavy atom. The first kappa shape index (κ1) is 26.6. The van der Waals surface area contributed by atoms with E-state index in [4.69, 9.17) is 15.2 Å². The predicted molar refractivity (Wildman–Crippen MR) is 122 cm³/mol. The summed E-state index contributed by atoms with van der Waals surface area (Å²) in [5, 5.41) is 14.3. The van der Waals surface area contributed by atoms with Gasteiger partial charge in [0.1, 0.15) is 12.1 Å². The molecule has 1 amide bonds. The monoisotopic (exact) mass is 481 g/mol. The maximum absolute atomic E-state index is 12.6. The number of thioether (sulfide) groups is 1. The number of carboxylic acids is 1. The Kier molecular flexibility index (Phi) is 8.50. The van der Waals surface area contributed by atoms with Gasteiger partial charge in [0.2, 0.25) is 12.7 Å². The van der Waals surface area contributed by atoms with Crippen LogP contribution in [0.25, 0.3) is 0 Å². The molecule has 1 saturated heterocycles. The fourth-order valence-corrected chi connectivity index (χ4v) is 4.55. The second-order valence-electron chi connectivity index (χ2n) is 9.22. The van der Waals surface area contributed by atoms with Gasteiger partial charge in [-0.25, -0.2) is 4.79 Å². The third-order valence-corrected chi connectivity index (χ3v) is 6.51. The number of rotatable bonds is 8. The molecule has 4 unspecified atom stereocenters. The Morgan fingerprint density at radius 3 is 2.33 bits per heavy atom. The van der Waals surface area contributed by atoms with Crippen LogP contribution >= 0.6 is 11.8 Å². The van der Waals surface area contributed by atoms with E-state index in [9.17, 15) is 24.3 Å². The Balaban J connectivity index is 2.03. The summed E-state index contributed by atoms with van der Waals surface area (Å²) in [4.78, 5) is 49.0. The maximum atomic E-state index is 12.6. The minimum Gasteiger partial charge on any atom is -0.480 e. The topological polar surface area (TPSA) is 157 Å². The van der Waals surface area contributed by atoms with Gasteiger partial charge in [0, 0.05) is 4.75 Å². The smallest absolute Gasteiger partial charge is 0.328 e. The normalized spacial score (nSPS) is 21.5. The van der Waals surface area contributed by atoms with Crippen molar-refractivity contribution >= 4 is 35.6 Å². The lowest BCUT2D eigenvalue weighted by molar-refractivity contribution is -0.174. The molecule has 0 spiro atoms. The number of carboxylic acid groups (broad SMARTS) is 1. The minimum absolute atomic E-state index is 0.524. The van der Waals surface area contributed by atoms with Crippen molar-refractivity contribution in [2.75, 3.05) is 6.79 Å². The van der Waals surface area contributed by atoms with Crippen LogP contribution in [0.15, 0.2) is 30.3 Å². The van der Waals surface area contributed by atoms with Crippen LogP contribution in [0.5, 0.6) is 0 Å². The summed E-state index contributed by atoms with van der Waals surface area (Å²) in [5.41, 5.74) is 5.77. The summed E-state index contributed by atoms with van der Waals surface area (Å²) in [5.74, 6) is -3.16. The van der Waals surface area contributed by atoms with Crippen molar-refractivity contribution in [2.24, 2.45) is 11.1 Å². The summed E-state index contributed by atoms with van der Waals surface area (Å²) in [6.45, 7) is 7.95. The van der Waals surface area contributed by atoms with E-state index in [1.54, 1.807) is 65.0 Å². The molecule has 0 aliphatic carbocycles. The zero-order chi connectivity index (χ0) is 25.0. The lowest BCUT2D eigenvalue weighted by Crippen LogP contribution is -2.55. The molecule has 0 saturated carbocycles. The second kappa shape index (κ2) is 10.5. The van der Waals surface area contributed by atoms with Crippen LogP contribution in [0.4, 0.5) is 0 Å². The molecular weight excluding hydrogens is 450 g/mol. The highest BCUT2D eigenvalue weighted by molar-refractivity contribution is 8.01. The molecule has 1 heterocycles. The highest BCUT2D eigenvalue weighted by atomic mass is 32.2. The summed E-state index contributed by atoms with van der Waals surface area (Å²) in [6, 6.07) is 5.26. The van der Waals surface area contributed by atoms with Gasteiger partial charge in [0.05, 0.1) is 10.8 Å². The van der Waals surface area contributed by atoms with E-state index in [0.717, 1.165) is 0 Å². The standard InChI is InChI=1S/C22H31N3O7S/c1-21(2,3)20(30)32-11-31-19(29)15-22(4,5)33-17(25-15)14(18(27)28)24-16(26)13(23)12-9-7-6-8-10-12/h6-10,13-15,17,25H,11,23H2,1-5H3,(H,24,26)(H,27,28). The van der Waals surface area contributed by atoms with Gasteiger partial charge in [0.25, 0.3) is 0 Å². The van der Waals surface area contributed by atoms with E-state index in [0.29, 0.717) is 5.56 Å². The fourth-order valence-electron chi connectivity index (χ4n) is 3.07. The summed E-state index contributed by atoms with van der Waals surface area (Å²) < 4.78 is 9.27. The van der Waals surface area contributed by atoms with Crippen molar-refractivity contribution in [3.8, 4) is 0 Å². The van der Waals surface area contributed by atoms with Crippen molar-refractivity contribution in [1.29, 1.82) is 0 Å². The number of ether oxygens (including phenoxy) is 2. The van der Waals surface area contributed by atoms with Gasteiger partial charge < -0.3 is 25.6 Å². The van der Waals surface area contributed by atoms with Gasteiger partial charge in [-0.15, -0.1) is 11.8 Å². The Labute approximate surface area is 196 Å². The molecule has 1 aromatic rings. The van der Waals surface area contributed by atoms with Crippen LogP contribution in [-0.4, -0.2) is 57.9 Å². The number of carbonyl (C=O) groups excluding carboxylic acids is 3. The first-order valence-electron chi connectivity index (χ1n) is 10.4. The molecule has 11 heteroatoms. The lowest BCUT2D eigenvalue weighted by atomic mass is 9.98. The predicted octanol–water partition coefficient (Wildman–Crippen LogP) is 1.16. The van der Waals surface area contributed by atoms with Crippen LogP contribution in [0.1, 0.15) is 46.2 Å². The van der Waals surface area contributed by atoms with Gasteiger partial charge in [-0.05, 0) is 40.2 Å². The van der Waals surface area contributed by atoms with Crippen molar-refractivity contribution in [1.82, 2.24) is 10.6 Å². The van der Waals surface area contributed by atoms with Gasteiger partial charge in [-0.1, -0.05) is 30.3 Å². The SMILES string of the molecule is CC(C)(C)C(=O)OCOC(=O)C1NC(C(NC(=O)C(N)c2ccccc2)C(=O)O)SC1(C)C. The van der Waals surface area contributed by atoms with E-state index in [-0.39, 0.29) is 0 Å². The average Bonchev–Trinajstić information content (AvgIpc) is 3.05. The number of benzene rings is 1. The second-order valence-corrected chi connectivity index (χ2v) is 11.0. The van der Waals surface area contributed by atoms with Crippen LogP contribution in [-0.2, 0) is 28.7 Å². The van der Waals surface area contributed by atoms with Crippen LogP contribution < -0.4 is 16.4 Å². The highest BCUT2D eigenvalue weighted by Gasteiger charge is 2.50. The summed E-state index contributed by atoms with van der Waals surface area (Å²) in [6.07, 6.45) is 0. The number of nitrogens with two attached hydrogens (primary N) is 1. The molecule has 4 atom stereocenters. The molecule has 0 aromatic heterocycles. The van der Waals surface area contributed by atoms with Gasteiger partial charge in [-0.2, -0.15) is 0 Å². The molecule has 182 valence electrons. The number of nitrogens with one attached hydrogen (secondary N) is 2. The molecule has 0 bridgehead atoms. The third kappa shape index (κ3) is 6.92. The molecule has 1 fully saturated rings. The molecule has 10 nitrogen and oxygen atoms in total. The van der Waals surface area contributed by atoms with Crippen LogP contribution in [0.2, 0.25) is 0 Å². The first-order chi connectivity index (χ1) is 15.2. The molecule has 1 aliphatic heterocycles. The van der Waals surface area contributed by atoms with E-state index in [2.05, 4.69) is 10.6 Å². The molecule has 0 radical (unpaired) electrons. The number of amides is 1. The number of hydrogen-bond acceptors (Lipinski definition) is 9. The van der Waals surface area contributed by atoms with Gasteiger partial charge in [0.15, 0.2) is 6.04 Å².